The number of rotatable bonds is 1. The van der Waals surface area contributed by atoms with E-state index in [9.17, 15) is 0 Å². The lowest BCUT2D eigenvalue weighted by Gasteiger charge is -2.08. The fraction of sp³-hybridized carbons (Fsp3) is 0.357. The molecule has 1 aromatic carbocycles. The van der Waals surface area contributed by atoms with Gasteiger partial charge in [0, 0.05) is 18.1 Å². The molecular formula is C14H17N2+. The Morgan fingerprint density at radius 2 is 2.06 bits per heavy atom. The zero-order valence-electron chi connectivity index (χ0n) is 9.66. The van der Waals surface area contributed by atoms with Crippen molar-refractivity contribution in [1.29, 1.82) is 0 Å². The molecule has 2 N–H and O–H groups in total. The van der Waals surface area contributed by atoms with Crippen LogP contribution in [0.1, 0.15) is 24.6 Å². The van der Waals surface area contributed by atoms with Crippen LogP contribution in [0.5, 0.6) is 0 Å². The molecule has 1 aliphatic rings. The molecule has 0 spiro atoms. The van der Waals surface area contributed by atoms with Crippen LogP contribution in [0.4, 0.5) is 5.69 Å². The number of aromatic nitrogens is 1. The molecular weight excluding hydrogens is 196 g/mol. The summed E-state index contributed by atoms with van der Waals surface area (Å²) in [5, 5.41) is 1.21. The van der Waals surface area contributed by atoms with Gasteiger partial charge in [0.05, 0.1) is 11.1 Å². The van der Waals surface area contributed by atoms with Gasteiger partial charge in [-0.3, -0.25) is 0 Å². The van der Waals surface area contributed by atoms with Crippen molar-refractivity contribution >= 4 is 16.6 Å². The molecule has 0 saturated heterocycles. The third-order valence-electron chi connectivity index (χ3n) is 3.64. The monoisotopic (exact) mass is 213 g/mol. The second kappa shape index (κ2) is 3.48. The fourth-order valence-electron chi connectivity index (χ4n) is 2.92. The molecule has 0 aliphatic heterocycles. The van der Waals surface area contributed by atoms with Crippen molar-refractivity contribution in [1.82, 2.24) is 0 Å². The minimum Gasteiger partial charge on any atom is -0.398 e. The Labute approximate surface area is 95.7 Å². The van der Waals surface area contributed by atoms with Gasteiger partial charge in [0.1, 0.15) is 6.54 Å². The smallest absolute Gasteiger partial charge is 0.214 e. The standard InChI is InChI=1S/C14H16N2/c1-2-16-12-8-4-3-6-10(12)14(15)11-7-5-9-13(11)16/h3-4,6,8,15H,2,5,7,9H2,1H3/p+1. The molecule has 0 saturated carbocycles. The van der Waals surface area contributed by atoms with E-state index >= 15 is 0 Å². The average Bonchev–Trinajstić information content (AvgIpc) is 2.79. The molecule has 0 atom stereocenters. The maximum Gasteiger partial charge on any atom is 0.214 e. The summed E-state index contributed by atoms with van der Waals surface area (Å²) in [7, 11) is 0. The summed E-state index contributed by atoms with van der Waals surface area (Å²) >= 11 is 0. The number of para-hydroxylation sites is 1. The van der Waals surface area contributed by atoms with Crippen molar-refractivity contribution in [3.8, 4) is 0 Å². The van der Waals surface area contributed by atoms with Crippen LogP contribution in [-0.2, 0) is 19.4 Å². The first-order valence-electron chi connectivity index (χ1n) is 6.04. The van der Waals surface area contributed by atoms with Crippen molar-refractivity contribution in [3.63, 3.8) is 0 Å². The van der Waals surface area contributed by atoms with Gasteiger partial charge in [-0.15, -0.1) is 0 Å². The number of aryl methyl sites for hydroxylation is 1. The van der Waals surface area contributed by atoms with Crippen molar-refractivity contribution in [2.24, 2.45) is 0 Å². The largest absolute Gasteiger partial charge is 0.398 e. The number of nitrogens with zero attached hydrogens (tertiary/aromatic N) is 1. The second-order valence-electron chi connectivity index (χ2n) is 4.45. The maximum absolute atomic E-state index is 6.28. The van der Waals surface area contributed by atoms with Crippen molar-refractivity contribution in [2.75, 3.05) is 5.73 Å². The van der Waals surface area contributed by atoms with E-state index in [1.165, 1.54) is 35.0 Å². The van der Waals surface area contributed by atoms with Gasteiger partial charge in [0.15, 0.2) is 5.69 Å². The summed E-state index contributed by atoms with van der Waals surface area (Å²) in [4.78, 5) is 0. The molecule has 0 bridgehead atoms. The highest BCUT2D eigenvalue weighted by atomic mass is 15.0. The fourth-order valence-corrected chi connectivity index (χ4v) is 2.92. The first-order chi connectivity index (χ1) is 7.83. The molecule has 1 heterocycles. The van der Waals surface area contributed by atoms with Gasteiger partial charge in [0.25, 0.3) is 0 Å². The lowest BCUT2D eigenvalue weighted by atomic mass is 10.1. The van der Waals surface area contributed by atoms with Gasteiger partial charge in [-0.05, 0) is 25.8 Å². The molecule has 1 aliphatic carbocycles. The predicted octanol–water partition coefficient (Wildman–Crippen LogP) is 2.22. The zero-order chi connectivity index (χ0) is 11.1. The molecule has 0 radical (unpaired) electrons. The second-order valence-corrected chi connectivity index (χ2v) is 4.45. The third-order valence-corrected chi connectivity index (χ3v) is 3.64. The Balaban J connectivity index is 2.48. The number of nitrogen functional groups attached to an aromatic ring is 1. The molecule has 82 valence electrons. The molecule has 3 rings (SSSR count). The number of anilines is 1. The highest BCUT2D eigenvalue weighted by Gasteiger charge is 2.26. The van der Waals surface area contributed by atoms with E-state index in [-0.39, 0.29) is 0 Å². The number of pyridine rings is 1. The normalized spacial score (nSPS) is 14.3. The van der Waals surface area contributed by atoms with Crippen LogP contribution in [0.15, 0.2) is 24.3 Å². The van der Waals surface area contributed by atoms with E-state index in [2.05, 4.69) is 35.8 Å². The summed E-state index contributed by atoms with van der Waals surface area (Å²) in [6, 6.07) is 8.47. The number of nitrogens with two attached hydrogens (primary N) is 1. The van der Waals surface area contributed by atoms with Crippen LogP contribution in [0.3, 0.4) is 0 Å². The van der Waals surface area contributed by atoms with Crippen LogP contribution in [0.25, 0.3) is 10.9 Å². The Morgan fingerprint density at radius 1 is 1.25 bits per heavy atom. The Kier molecular flexibility index (Phi) is 2.10. The Hall–Kier alpha value is -1.57. The lowest BCUT2D eigenvalue weighted by Crippen LogP contribution is -2.38. The highest BCUT2D eigenvalue weighted by Crippen LogP contribution is 2.30. The van der Waals surface area contributed by atoms with Gasteiger partial charge in [0.2, 0.25) is 5.52 Å². The number of fused-ring (bicyclic) bond motifs is 2. The van der Waals surface area contributed by atoms with Gasteiger partial charge in [-0.1, -0.05) is 12.1 Å². The summed E-state index contributed by atoms with van der Waals surface area (Å²) in [6.07, 6.45) is 3.57. The van der Waals surface area contributed by atoms with Gasteiger partial charge < -0.3 is 5.73 Å². The summed E-state index contributed by atoms with van der Waals surface area (Å²) < 4.78 is 2.42. The quantitative estimate of drug-likeness (QED) is 0.723. The van der Waals surface area contributed by atoms with Crippen molar-refractivity contribution in [3.05, 3.63) is 35.5 Å². The number of benzene rings is 1. The summed E-state index contributed by atoms with van der Waals surface area (Å²) in [6.45, 7) is 3.24. The molecule has 2 nitrogen and oxygen atoms in total. The van der Waals surface area contributed by atoms with E-state index in [1.54, 1.807) is 0 Å². The highest BCUT2D eigenvalue weighted by molar-refractivity contribution is 5.90. The molecule has 16 heavy (non-hydrogen) atoms. The first kappa shape index (κ1) is 9.64. The number of hydrogen-bond acceptors (Lipinski definition) is 1. The summed E-state index contributed by atoms with van der Waals surface area (Å²) in [5.74, 6) is 0. The van der Waals surface area contributed by atoms with E-state index in [4.69, 9.17) is 5.73 Å². The third kappa shape index (κ3) is 1.16. The molecule has 0 unspecified atom stereocenters. The predicted molar refractivity (Wildman–Crippen MR) is 66.3 cm³/mol. The molecule has 1 aromatic heterocycles. The van der Waals surface area contributed by atoms with Gasteiger partial charge in [-0.2, -0.15) is 4.57 Å². The average molecular weight is 213 g/mol. The zero-order valence-corrected chi connectivity index (χ0v) is 9.66. The van der Waals surface area contributed by atoms with Crippen molar-refractivity contribution in [2.45, 2.75) is 32.7 Å². The molecule has 2 aromatic rings. The van der Waals surface area contributed by atoms with Crippen molar-refractivity contribution < 1.29 is 4.57 Å². The number of hydrogen-bond donors (Lipinski definition) is 1. The SMILES string of the molecule is CC[n+]1c2c(c(N)c3ccccc31)CCC2. The molecule has 2 heteroatoms. The van der Waals surface area contributed by atoms with E-state index in [1.807, 2.05) is 0 Å². The van der Waals surface area contributed by atoms with Crippen LogP contribution >= 0.6 is 0 Å². The van der Waals surface area contributed by atoms with Crippen LogP contribution in [0, 0.1) is 0 Å². The van der Waals surface area contributed by atoms with Crippen LogP contribution in [-0.4, -0.2) is 0 Å². The van der Waals surface area contributed by atoms with Gasteiger partial charge >= 0.3 is 0 Å². The lowest BCUT2D eigenvalue weighted by molar-refractivity contribution is -0.675. The van der Waals surface area contributed by atoms with Crippen LogP contribution < -0.4 is 10.3 Å². The maximum atomic E-state index is 6.28. The molecule has 0 amide bonds. The van der Waals surface area contributed by atoms with E-state index < -0.39 is 0 Å². The van der Waals surface area contributed by atoms with E-state index in [0.29, 0.717) is 0 Å². The first-order valence-corrected chi connectivity index (χ1v) is 6.04. The van der Waals surface area contributed by atoms with Crippen LogP contribution in [0.2, 0.25) is 0 Å². The van der Waals surface area contributed by atoms with Gasteiger partial charge in [-0.25, -0.2) is 0 Å². The summed E-state index contributed by atoms with van der Waals surface area (Å²) in [5.41, 5.74) is 11.4. The minimum absolute atomic E-state index is 1.01. The topological polar surface area (TPSA) is 29.9 Å². The molecule has 0 fully saturated rings. The minimum atomic E-state index is 1.01. The Bertz CT molecular complexity index is 558. The van der Waals surface area contributed by atoms with E-state index in [0.717, 1.165) is 18.7 Å². The Morgan fingerprint density at radius 3 is 2.88 bits per heavy atom.